The molecule has 0 aliphatic heterocycles. The van der Waals surface area contributed by atoms with Gasteiger partial charge in [0, 0.05) is 6.07 Å². The lowest BCUT2D eigenvalue weighted by atomic mass is 10.2. The Morgan fingerprint density at radius 1 is 1.19 bits per heavy atom. The van der Waals surface area contributed by atoms with Crippen molar-refractivity contribution < 1.29 is 9.16 Å². The van der Waals surface area contributed by atoms with Crippen molar-refractivity contribution in [2.24, 2.45) is 0 Å². The summed E-state index contributed by atoms with van der Waals surface area (Å²) in [5, 5.41) is 0.737. The number of nitrogens with zero attached hydrogens (tertiary/aromatic N) is 2. The van der Waals surface area contributed by atoms with E-state index in [1.165, 1.54) is 11.3 Å². The molecule has 0 bridgehead atoms. The van der Waals surface area contributed by atoms with Crippen LogP contribution in [0.25, 0.3) is 10.3 Å². The molecule has 2 aromatic rings. The van der Waals surface area contributed by atoms with E-state index in [9.17, 15) is 0 Å². The molecule has 7 heteroatoms. The Kier molecular flexibility index (Phi) is 4.55. The van der Waals surface area contributed by atoms with Gasteiger partial charge in [0.1, 0.15) is 17.0 Å². The van der Waals surface area contributed by atoms with Gasteiger partial charge in [0.2, 0.25) is 5.88 Å². The molecule has 0 fully saturated rings. The van der Waals surface area contributed by atoms with E-state index in [0.717, 1.165) is 10.3 Å². The second-order valence-electron chi connectivity index (χ2n) is 6.48. The van der Waals surface area contributed by atoms with Crippen molar-refractivity contribution in [1.29, 1.82) is 0 Å². The van der Waals surface area contributed by atoms with Crippen molar-refractivity contribution >= 4 is 35.1 Å². The lowest BCUT2D eigenvalue weighted by molar-refractivity contribution is 0.199. The van der Waals surface area contributed by atoms with Gasteiger partial charge in [-0.15, -0.1) is 0 Å². The van der Waals surface area contributed by atoms with Gasteiger partial charge in [-0.25, -0.2) is 9.97 Å². The Labute approximate surface area is 130 Å². The number of hydrogen-bond acceptors (Lipinski definition) is 6. The first-order valence-electron chi connectivity index (χ1n) is 6.99. The molecule has 2 heterocycles. The summed E-state index contributed by atoms with van der Waals surface area (Å²) in [6, 6.07) is 3.69. The quantitative estimate of drug-likeness (QED) is 0.671. The van der Waals surface area contributed by atoms with E-state index < -0.39 is 8.32 Å². The van der Waals surface area contributed by atoms with E-state index in [1.807, 2.05) is 12.1 Å². The van der Waals surface area contributed by atoms with Crippen LogP contribution in [0.15, 0.2) is 12.1 Å². The normalized spacial score (nSPS) is 12.8. The number of fused-ring (bicyclic) bond motifs is 1. The highest BCUT2D eigenvalue weighted by Crippen LogP contribution is 2.36. The Bertz CT molecular complexity index is 622. The molecule has 0 unspecified atom stereocenters. The Hall–Kier alpha value is -1.18. The van der Waals surface area contributed by atoms with E-state index in [1.54, 1.807) is 0 Å². The van der Waals surface area contributed by atoms with Crippen LogP contribution in [0, 0.1) is 0 Å². The van der Waals surface area contributed by atoms with Gasteiger partial charge < -0.3 is 14.9 Å². The number of hydrogen-bond donors (Lipinski definition) is 1. The fourth-order valence-electron chi connectivity index (χ4n) is 1.56. The molecule has 2 N–H and O–H groups in total. The number of anilines is 1. The fraction of sp³-hybridized carbons (Fsp3) is 0.571. The fourth-order valence-corrected chi connectivity index (χ4v) is 3.28. The van der Waals surface area contributed by atoms with Crippen molar-refractivity contribution in [3.8, 4) is 5.88 Å². The van der Waals surface area contributed by atoms with Gasteiger partial charge in [0.05, 0.1) is 6.61 Å². The highest BCUT2D eigenvalue weighted by Gasteiger charge is 2.36. The largest absolute Gasteiger partial charge is 0.475 e. The van der Waals surface area contributed by atoms with Crippen molar-refractivity contribution in [1.82, 2.24) is 9.97 Å². The highest BCUT2D eigenvalue weighted by atomic mass is 32.1. The van der Waals surface area contributed by atoms with E-state index in [2.05, 4.69) is 43.8 Å². The van der Waals surface area contributed by atoms with Crippen molar-refractivity contribution in [2.75, 3.05) is 18.9 Å². The zero-order valence-corrected chi connectivity index (χ0v) is 15.1. The highest BCUT2D eigenvalue weighted by molar-refractivity contribution is 7.21. The van der Waals surface area contributed by atoms with Gasteiger partial charge in [0.15, 0.2) is 13.4 Å². The maximum absolute atomic E-state index is 6.06. The van der Waals surface area contributed by atoms with E-state index in [0.29, 0.717) is 24.2 Å². The van der Waals surface area contributed by atoms with Crippen molar-refractivity contribution in [2.45, 2.75) is 38.9 Å². The number of aromatic nitrogens is 2. The Morgan fingerprint density at radius 3 is 2.57 bits per heavy atom. The Morgan fingerprint density at radius 2 is 1.90 bits per heavy atom. The zero-order valence-electron chi connectivity index (χ0n) is 13.3. The summed E-state index contributed by atoms with van der Waals surface area (Å²) in [4.78, 5) is 9.36. The molecule has 2 aromatic heterocycles. The molecule has 0 radical (unpaired) electrons. The minimum absolute atomic E-state index is 0.213. The molecule has 0 saturated heterocycles. The molecule has 5 nitrogen and oxygen atoms in total. The second-order valence-corrected chi connectivity index (χ2v) is 12.3. The second kappa shape index (κ2) is 5.90. The van der Waals surface area contributed by atoms with Crippen LogP contribution in [0.5, 0.6) is 5.88 Å². The molecule has 0 saturated carbocycles. The van der Waals surface area contributed by atoms with E-state index in [-0.39, 0.29) is 5.04 Å². The van der Waals surface area contributed by atoms with Crippen LogP contribution in [0.3, 0.4) is 0 Å². The van der Waals surface area contributed by atoms with Gasteiger partial charge in [0.25, 0.3) is 0 Å². The maximum atomic E-state index is 6.06. The van der Waals surface area contributed by atoms with Crippen LogP contribution in [0.4, 0.5) is 5.13 Å². The predicted octanol–water partition coefficient (Wildman–Crippen LogP) is 3.67. The first-order valence-corrected chi connectivity index (χ1v) is 10.7. The lowest BCUT2D eigenvalue weighted by Crippen LogP contribution is -2.41. The molecule has 116 valence electrons. The zero-order chi connectivity index (χ0) is 15.7. The molecule has 0 spiro atoms. The van der Waals surface area contributed by atoms with Crippen molar-refractivity contribution in [3.63, 3.8) is 0 Å². The molecule has 0 aliphatic carbocycles. The average molecular weight is 326 g/mol. The minimum atomic E-state index is -1.71. The molecular formula is C14H23N3O2SSi. The van der Waals surface area contributed by atoms with Gasteiger partial charge in [-0.2, -0.15) is 0 Å². The summed E-state index contributed by atoms with van der Waals surface area (Å²) in [6.07, 6.45) is 0. The number of rotatable bonds is 5. The first-order chi connectivity index (χ1) is 9.69. The topological polar surface area (TPSA) is 70.3 Å². The number of nitrogens with two attached hydrogens (primary N) is 1. The molecule has 21 heavy (non-hydrogen) atoms. The molecule has 2 rings (SSSR count). The third kappa shape index (κ3) is 3.93. The number of ether oxygens (including phenoxy) is 1. The third-order valence-electron chi connectivity index (χ3n) is 3.85. The SMILES string of the molecule is CC(C)(C)[Si](C)(C)OCCOc1ccc2nc(N)sc2n1. The van der Waals surface area contributed by atoms with Crippen LogP contribution in [0.2, 0.25) is 18.1 Å². The summed E-state index contributed by atoms with van der Waals surface area (Å²) < 4.78 is 11.7. The standard InChI is InChI=1S/C14H23N3O2SSi/c1-14(2,3)21(4,5)19-9-8-18-11-7-6-10-12(17-11)20-13(15)16-10/h6-7H,8-9H2,1-5H3,(H2,15,16). The Balaban J connectivity index is 1.88. The van der Waals surface area contributed by atoms with Gasteiger partial charge >= 0.3 is 0 Å². The van der Waals surface area contributed by atoms with Crippen LogP contribution in [0.1, 0.15) is 20.8 Å². The summed E-state index contributed by atoms with van der Waals surface area (Å²) in [5.74, 6) is 0.588. The van der Waals surface area contributed by atoms with Gasteiger partial charge in [-0.1, -0.05) is 32.1 Å². The predicted molar refractivity (Wildman–Crippen MR) is 90.5 cm³/mol. The first kappa shape index (κ1) is 16.2. The molecule has 0 amide bonds. The third-order valence-corrected chi connectivity index (χ3v) is 9.18. The van der Waals surface area contributed by atoms with Crippen molar-refractivity contribution in [3.05, 3.63) is 12.1 Å². The van der Waals surface area contributed by atoms with Gasteiger partial charge in [-0.3, -0.25) is 0 Å². The summed E-state index contributed by atoms with van der Waals surface area (Å²) in [5.41, 5.74) is 6.47. The maximum Gasteiger partial charge on any atom is 0.214 e. The summed E-state index contributed by atoms with van der Waals surface area (Å²) in [7, 11) is -1.71. The summed E-state index contributed by atoms with van der Waals surface area (Å²) in [6.45, 7) is 12.2. The minimum Gasteiger partial charge on any atom is -0.475 e. The molecule has 0 aromatic carbocycles. The monoisotopic (exact) mass is 325 g/mol. The molecule has 0 atom stereocenters. The number of pyridine rings is 1. The van der Waals surface area contributed by atoms with Gasteiger partial charge in [-0.05, 0) is 24.2 Å². The number of nitrogen functional groups attached to an aromatic ring is 1. The summed E-state index contributed by atoms with van der Waals surface area (Å²) >= 11 is 1.36. The van der Waals surface area contributed by atoms with E-state index in [4.69, 9.17) is 14.9 Å². The van der Waals surface area contributed by atoms with Crippen LogP contribution >= 0.6 is 11.3 Å². The van der Waals surface area contributed by atoms with Crippen LogP contribution < -0.4 is 10.5 Å². The average Bonchev–Trinajstić information content (AvgIpc) is 2.72. The smallest absolute Gasteiger partial charge is 0.214 e. The van der Waals surface area contributed by atoms with Crippen LogP contribution in [-0.4, -0.2) is 31.5 Å². The van der Waals surface area contributed by atoms with E-state index >= 15 is 0 Å². The number of thiazole rings is 1. The molecular weight excluding hydrogens is 302 g/mol. The molecule has 0 aliphatic rings. The van der Waals surface area contributed by atoms with Crippen LogP contribution in [-0.2, 0) is 4.43 Å². The lowest BCUT2D eigenvalue weighted by Gasteiger charge is -2.36.